The number of amides is 1. The molecule has 1 amide bonds. The maximum Gasteiger partial charge on any atom is 0.337 e. The van der Waals surface area contributed by atoms with Crippen LogP contribution in [0.5, 0.6) is 5.75 Å². The molecule has 0 aromatic heterocycles. The van der Waals surface area contributed by atoms with E-state index in [9.17, 15) is 14.4 Å². The molecule has 2 aromatic rings. The van der Waals surface area contributed by atoms with E-state index >= 15 is 0 Å². The number of esters is 2. The van der Waals surface area contributed by atoms with Gasteiger partial charge in [0.25, 0.3) is 5.91 Å². The van der Waals surface area contributed by atoms with Crippen molar-refractivity contribution in [1.29, 1.82) is 0 Å². The average Bonchev–Trinajstić information content (AvgIpc) is 2.70. The number of aryl methyl sites for hydroxylation is 1. The smallest absolute Gasteiger partial charge is 0.337 e. The van der Waals surface area contributed by atoms with Crippen molar-refractivity contribution in [2.45, 2.75) is 26.0 Å². The molecule has 0 spiro atoms. The lowest BCUT2D eigenvalue weighted by Gasteiger charge is -2.34. The van der Waals surface area contributed by atoms with E-state index in [-0.39, 0.29) is 18.9 Å². The van der Waals surface area contributed by atoms with E-state index in [1.165, 1.54) is 14.2 Å². The molecule has 3 rings (SSSR count). The SMILES string of the molecule is COC(=O)C[C@@H]1Oc2cc(C)ccc2N(Cc2cccc(C(=O)OC)c2)C1=O. The minimum absolute atomic E-state index is 0.179. The van der Waals surface area contributed by atoms with Gasteiger partial charge in [0.1, 0.15) is 5.75 Å². The maximum absolute atomic E-state index is 13.0. The van der Waals surface area contributed by atoms with Gasteiger partial charge in [-0.1, -0.05) is 18.2 Å². The first-order chi connectivity index (χ1) is 13.4. The quantitative estimate of drug-likeness (QED) is 0.739. The Morgan fingerprint density at radius 2 is 1.89 bits per heavy atom. The molecule has 28 heavy (non-hydrogen) atoms. The largest absolute Gasteiger partial charge is 0.478 e. The van der Waals surface area contributed by atoms with Crippen LogP contribution in [0.25, 0.3) is 0 Å². The van der Waals surface area contributed by atoms with Gasteiger partial charge in [0.15, 0.2) is 6.10 Å². The van der Waals surface area contributed by atoms with Gasteiger partial charge in [-0.15, -0.1) is 0 Å². The molecule has 1 atom stereocenters. The number of anilines is 1. The standard InChI is InChI=1S/C21H21NO6/c1-13-7-8-16-17(9-13)28-18(11-19(23)26-2)20(24)22(16)12-14-5-4-6-15(10-14)21(25)27-3/h4-10,18H,11-12H2,1-3H3/t18-/m0/s1. The van der Waals surface area contributed by atoms with Gasteiger partial charge in [-0.05, 0) is 42.3 Å². The fraction of sp³-hybridized carbons (Fsp3) is 0.286. The van der Waals surface area contributed by atoms with Gasteiger partial charge in [0, 0.05) is 0 Å². The second-order valence-electron chi connectivity index (χ2n) is 6.47. The van der Waals surface area contributed by atoms with Gasteiger partial charge < -0.3 is 19.1 Å². The monoisotopic (exact) mass is 383 g/mol. The van der Waals surface area contributed by atoms with Crippen molar-refractivity contribution in [3.63, 3.8) is 0 Å². The minimum atomic E-state index is -0.967. The van der Waals surface area contributed by atoms with Crippen molar-refractivity contribution >= 4 is 23.5 Å². The van der Waals surface area contributed by atoms with Crippen molar-refractivity contribution < 1.29 is 28.6 Å². The third kappa shape index (κ3) is 3.98. The van der Waals surface area contributed by atoms with E-state index in [1.807, 2.05) is 25.1 Å². The van der Waals surface area contributed by atoms with Gasteiger partial charge in [-0.25, -0.2) is 4.79 Å². The summed E-state index contributed by atoms with van der Waals surface area (Å²) in [5.41, 5.74) is 2.73. The van der Waals surface area contributed by atoms with E-state index in [1.54, 1.807) is 29.2 Å². The van der Waals surface area contributed by atoms with Crippen molar-refractivity contribution in [1.82, 2.24) is 0 Å². The highest BCUT2D eigenvalue weighted by atomic mass is 16.5. The number of carbonyl (C=O) groups is 3. The second-order valence-corrected chi connectivity index (χ2v) is 6.47. The van der Waals surface area contributed by atoms with Crippen molar-refractivity contribution in [3.8, 4) is 5.75 Å². The summed E-state index contributed by atoms with van der Waals surface area (Å²) in [6.45, 7) is 2.14. The number of carbonyl (C=O) groups excluding carboxylic acids is 3. The Bertz CT molecular complexity index is 923. The van der Waals surface area contributed by atoms with Crippen LogP contribution in [0.15, 0.2) is 42.5 Å². The Morgan fingerprint density at radius 1 is 1.11 bits per heavy atom. The van der Waals surface area contributed by atoms with Crippen LogP contribution in [0.1, 0.15) is 27.9 Å². The number of fused-ring (bicyclic) bond motifs is 1. The van der Waals surface area contributed by atoms with Crippen LogP contribution in [0.3, 0.4) is 0 Å². The van der Waals surface area contributed by atoms with Crippen molar-refractivity contribution in [2.24, 2.45) is 0 Å². The number of hydrogen-bond donors (Lipinski definition) is 0. The Hall–Kier alpha value is -3.35. The molecule has 1 aliphatic heterocycles. The Morgan fingerprint density at radius 3 is 2.61 bits per heavy atom. The zero-order valence-corrected chi connectivity index (χ0v) is 15.9. The molecule has 1 heterocycles. The van der Waals surface area contributed by atoms with Gasteiger partial charge >= 0.3 is 11.9 Å². The predicted molar refractivity (Wildman–Crippen MR) is 101 cm³/mol. The number of hydrogen-bond acceptors (Lipinski definition) is 6. The first-order valence-corrected chi connectivity index (χ1v) is 8.75. The Kier molecular flexibility index (Phi) is 5.63. The molecule has 0 N–H and O–H groups in total. The summed E-state index contributed by atoms with van der Waals surface area (Å²) in [4.78, 5) is 38.1. The second kappa shape index (κ2) is 8.12. The summed E-state index contributed by atoms with van der Waals surface area (Å²) < 4.78 is 15.2. The maximum atomic E-state index is 13.0. The third-order valence-corrected chi connectivity index (χ3v) is 4.49. The summed E-state index contributed by atoms with van der Waals surface area (Å²) in [6, 6.07) is 12.4. The Balaban J connectivity index is 1.95. The molecule has 146 valence electrons. The lowest BCUT2D eigenvalue weighted by Crippen LogP contribution is -2.46. The molecule has 0 aliphatic carbocycles. The van der Waals surface area contributed by atoms with Crippen LogP contribution in [0, 0.1) is 6.92 Å². The van der Waals surface area contributed by atoms with Crippen LogP contribution in [-0.2, 0) is 25.6 Å². The Labute approximate surface area is 162 Å². The molecule has 2 aromatic carbocycles. The molecule has 7 heteroatoms. The highest BCUT2D eigenvalue weighted by Crippen LogP contribution is 2.36. The highest BCUT2D eigenvalue weighted by Gasteiger charge is 2.36. The number of methoxy groups -OCH3 is 2. The first-order valence-electron chi connectivity index (χ1n) is 8.75. The van der Waals surface area contributed by atoms with Gasteiger partial charge in [-0.3, -0.25) is 9.59 Å². The molecular formula is C21H21NO6. The summed E-state index contributed by atoms with van der Waals surface area (Å²) in [5.74, 6) is -0.792. The molecule has 0 bridgehead atoms. The zero-order chi connectivity index (χ0) is 20.3. The zero-order valence-electron chi connectivity index (χ0n) is 15.9. The molecule has 7 nitrogen and oxygen atoms in total. The van der Waals surface area contributed by atoms with Crippen LogP contribution in [-0.4, -0.2) is 38.2 Å². The van der Waals surface area contributed by atoms with E-state index in [2.05, 4.69) is 4.74 Å². The fourth-order valence-electron chi connectivity index (χ4n) is 3.06. The molecule has 0 saturated carbocycles. The summed E-state index contributed by atoms with van der Waals surface area (Å²) in [6.07, 6.45) is -1.15. The van der Waals surface area contributed by atoms with Gasteiger partial charge in [0.05, 0.1) is 38.4 Å². The lowest BCUT2D eigenvalue weighted by atomic mass is 10.1. The van der Waals surface area contributed by atoms with Crippen LogP contribution >= 0.6 is 0 Å². The van der Waals surface area contributed by atoms with Crippen LogP contribution in [0.2, 0.25) is 0 Å². The topological polar surface area (TPSA) is 82.1 Å². The molecule has 0 unspecified atom stereocenters. The fourth-order valence-corrected chi connectivity index (χ4v) is 3.06. The van der Waals surface area contributed by atoms with E-state index in [0.29, 0.717) is 17.0 Å². The summed E-state index contributed by atoms with van der Waals surface area (Å²) >= 11 is 0. The first kappa shape index (κ1) is 19.4. The van der Waals surface area contributed by atoms with Crippen LogP contribution in [0.4, 0.5) is 5.69 Å². The average molecular weight is 383 g/mol. The molecule has 1 aliphatic rings. The highest BCUT2D eigenvalue weighted by molar-refractivity contribution is 6.01. The minimum Gasteiger partial charge on any atom is -0.478 e. The van der Waals surface area contributed by atoms with Gasteiger partial charge in [0.2, 0.25) is 0 Å². The van der Waals surface area contributed by atoms with Gasteiger partial charge in [-0.2, -0.15) is 0 Å². The molecule has 0 fully saturated rings. The van der Waals surface area contributed by atoms with Crippen molar-refractivity contribution in [2.75, 3.05) is 19.1 Å². The number of rotatable bonds is 5. The summed E-state index contributed by atoms with van der Waals surface area (Å²) in [7, 11) is 2.58. The number of benzene rings is 2. The molecular weight excluding hydrogens is 362 g/mol. The predicted octanol–water partition coefficient (Wildman–Crippen LogP) is 2.64. The molecule has 0 radical (unpaired) electrons. The number of nitrogens with zero attached hydrogens (tertiary/aromatic N) is 1. The normalized spacial score (nSPS) is 15.5. The lowest BCUT2D eigenvalue weighted by molar-refractivity contribution is -0.145. The third-order valence-electron chi connectivity index (χ3n) is 4.49. The summed E-state index contributed by atoms with van der Waals surface area (Å²) in [5, 5.41) is 0. The van der Waals surface area contributed by atoms with E-state index in [4.69, 9.17) is 9.47 Å². The van der Waals surface area contributed by atoms with E-state index in [0.717, 1.165) is 11.1 Å². The van der Waals surface area contributed by atoms with Crippen LogP contribution < -0.4 is 9.64 Å². The van der Waals surface area contributed by atoms with Crippen molar-refractivity contribution in [3.05, 3.63) is 59.2 Å². The van der Waals surface area contributed by atoms with E-state index < -0.39 is 18.0 Å². The number of ether oxygens (including phenoxy) is 3. The molecule has 0 saturated heterocycles.